The molecule has 0 aliphatic carbocycles. The van der Waals surface area contributed by atoms with Crippen molar-refractivity contribution in [2.45, 2.75) is 13.0 Å². The van der Waals surface area contributed by atoms with E-state index in [9.17, 15) is 13.6 Å². The lowest BCUT2D eigenvalue weighted by Gasteiger charge is -2.15. The Kier molecular flexibility index (Phi) is 5.63. The Bertz CT molecular complexity index is 679. The van der Waals surface area contributed by atoms with Gasteiger partial charge in [0.15, 0.2) is 0 Å². The van der Waals surface area contributed by atoms with E-state index in [2.05, 4.69) is 26.6 Å². The van der Waals surface area contributed by atoms with E-state index in [1.165, 1.54) is 0 Å². The first-order valence-corrected chi connectivity index (χ1v) is 7.49. The van der Waals surface area contributed by atoms with Crippen molar-refractivity contribution in [1.82, 2.24) is 5.32 Å². The molecule has 1 atom stereocenters. The second-order valence-electron chi connectivity index (χ2n) is 4.80. The number of carbonyl (C=O) groups is 1. The Balaban J connectivity index is 1.93. The number of benzene rings is 2. The summed E-state index contributed by atoms with van der Waals surface area (Å²) in [6, 6.07) is 10.5. The molecule has 2 aromatic carbocycles. The van der Waals surface area contributed by atoms with Crippen molar-refractivity contribution >= 4 is 27.5 Å². The van der Waals surface area contributed by atoms with Crippen molar-refractivity contribution in [3.63, 3.8) is 0 Å². The largest absolute Gasteiger partial charge is 0.322 e. The highest BCUT2D eigenvalue weighted by atomic mass is 79.9. The molecule has 0 aliphatic heterocycles. The first-order valence-electron chi connectivity index (χ1n) is 6.70. The summed E-state index contributed by atoms with van der Waals surface area (Å²) in [6.07, 6.45) is 0. The van der Waals surface area contributed by atoms with Gasteiger partial charge < -0.3 is 10.6 Å². The lowest BCUT2D eigenvalue weighted by atomic mass is 10.1. The summed E-state index contributed by atoms with van der Waals surface area (Å²) in [6.45, 7) is 1.90. The average Bonchev–Trinajstić information content (AvgIpc) is 2.49. The van der Waals surface area contributed by atoms with E-state index in [1.807, 2.05) is 31.2 Å². The lowest BCUT2D eigenvalue weighted by molar-refractivity contribution is -0.115. The Morgan fingerprint density at radius 1 is 1.23 bits per heavy atom. The van der Waals surface area contributed by atoms with Gasteiger partial charge >= 0.3 is 0 Å². The summed E-state index contributed by atoms with van der Waals surface area (Å²) < 4.78 is 27.4. The number of rotatable bonds is 5. The fraction of sp³-hybridized carbons (Fsp3) is 0.188. The average molecular weight is 369 g/mol. The summed E-state index contributed by atoms with van der Waals surface area (Å²) in [5.74, 6) is -1.72. The van der Waals surface area contributed by atoms with E-state index in [0.29, 0.717) is 0 Å². The highest BCUT2D eigenvalue weighted by Gasteiger charge is 2.12. The molecule has 116 valence electrons. The van der Waals surface area contributed by atoms with Gasteiger partial charge in [0.25, 0.3) is 0 Å². The fourth-order valence-electron chi connectivity index (χ4n) is 1.97. The van der Waals surface area contributed by atoms with Crippen LogP contribution >= 0.6 is 15.9 Å². The van der Waals surface area contributed by atoms with Crippen LogP contribution in [0.2, 0.25) is 0 Å². The van der Waals surface area contributed by atoms with Crippen molar-refractivity contribution in [2.75, 3.05) is 11.9 Å². The van der Waals surface area contributed by atoms with E-state index in [1.54, 1.807) is 0 Å². The molecule has 2 rings (SSSR count). The molecule has 3 nitrogen and oxygen atoms in total. The number of nitrogens with one attached hydrogen (secondary N) is 2. The maximum atomic E-state index is 13.4. The van der Waals surface area contributed by atoms with Gasteiger partial charge in [-0.2, -0.15) is 0 Å². The van der Waals surface area contributed by atoms with Gasteiger partial charge in [-0.25, -0.2) is 8.78 Å². The van der Waals surface area contributed by atoms with Crippen molar-refractivity contribution in [3.8, 4) is 0 Å². The summed E-state index contributed by atoms with van der Waals surface area (Å²) in [4.78, 5) is 11.8. The molecule has 0 fully saturated rings. The highest BCUT2D eigenvalue weighted by molar-refractivity contribution is 9.10. The molecule has 6 heteroatoms. The third-order valence-corrected chi connectivity index (χ3v) is 3.87. The monoisotopic (exact) mass is 368 g/mol. The van der Waals surface area contributed by atoms with Crippen LogP contribution in [0.5, 0.6) is 0 Å². The molecule has 0 aliphatic rings. The molecular formula is C16H15BrF2N2O. The fourth-order valence-corrected chi connectivity index (χ4v) is 2.60. The van der Waals surface area contributed by atoms with Gasteiger partial charge in [-0.3, -0.25) is 4.79 Å². The minimum Gasteiger partial charge on any atom is -0.322 e. The van der Waals surface area contributed by atoms with Crippen LogP contribution in [-0.2, 0) is 4.79 Å². The summed E-state index contributed by atoms with van der Waals surface area (Å²) in [5, 5.41) is 5.38. The summed E-state index contributed by atoms with van der Waals surface area (Å²) >= 11 is 3.44. The third kappa shape index (κ3) is 4.35. The Hall–Kier alpha value is -1.79. The molecule has 0 saturated heterocycles. The Morgan fingerprint density at radius 2 is 1.95 bits per heavy atom. The van der Waals surface area contributed by atoms with Crippen molar-refractivity contribution < 1.29 is 13.6 Å². The van der Waals surface area contributed by atoms with Crippen LogP contribution in [0.3, 0.4) is 0 Å². The molecule has 22 heavy (non-hydrogen) atoms. The van der Waals surface area contributed by atoms with Crippen molar-refractivity contribution in [1.29, 1.82) is 0 Å². The maximum Gasteiger partial charge on any atom is 0.238 e. The molecule has 1 amide bonds. The van der Waals surface area contributed by atoms with E-state index >= 15 is 0 Å². The van der Waals surface area contributed by atoms with E-state index in [4.69, 9.17) is 0 Å². The molecule has 0 spiro atoms. The van der Waals surface area contributed by atoms with Gasteiger partial charge in [0.2, 0.25) is 5.91 Å². The minimum absolute atomic E-state index is 0.0154. The molecule has 2 N–H and O–H groups in total. The number of carbonyl (C=O) groups excluding carboxylic acids is 1. The van der Waals surface area contributed by atoms with Crippen LogP contribution in [0.1, 0.15) is 18.5 Å². The molecular weight excluding hydrogens is 354 g/mol. The number of hydrogen-bond donors (Lipinski definition) is 2. The predicted molar refractivity (Wildman–Crippen MR) is 85.5 cm³/mol. The molecule has 0 bridgehead atoms. The van der Waals surface area contributed by atoms with Crippen molar-refractivity contribution in [3.05, 3.63) is 64.1 Å². The summed E-state index contributed by atoms with van der Waals surface area (Å²) in [7, 11) is 0. The SMILES string of the molecule is C[C@@H](NCC(=O)Nc1cc(F)ccc1F)c1ccccc1Br. The lowest BCUT2D eigenvalue weighted by Crippen LogP contribution is -2.30. The maximum absolute atomic E-state index is 13.4. The second kappa shape index (κ2) is 7.47. The van der Waals surface area contributed by atoms with Crippen LogP contribution < -0.4 is 10.6 Å². The van der Waals surface area contributed by atoms with Crippen LogP contribution in [0.4, 0.5) is 14.5 Å². The van der Waals surface area contributed by atoms with E-state index in [0.717, 1.165) is 28.2 Å². The van der Waals surface area contributed by atoms with Gasteiger partial charge in [-0.1, -0.05) is 34.1 Å². The molecule has 0 aromatic heterocycles. The zero-order valence-corrected chi connectivity index (χ0v) is 13.5. The van der Waals surface area contributed by atoms with E-state index in [-0.39, 0.29) is 18.3 Å². The number of halogens is 3. The normalized spacial score (nSPS) is 12.0. The van der Waals surface area contributed by atoms with E-state index < -0.39 is 17.5 Å². The Labute approximate surface area is 135 Å². The van der Waals surface area contributed by atoms with Crippen LogP contribution in [0, 0.1) is 11.6 Å². The van der Waals surface area contributed by atoms with Gasteiger partial charge in [-0.05, 0) is 30.7 Å². The predicted octanol–water partition coefficient (Wildman–Crippen LogP) is 4.02. The smallest absolute Gasteiger partial charge is 0.238 e. The van der Waals surface area contributed by atoms with Gasteiger partial charge in [0, 0.05) is 16.6 Å². The topological polar surface area (TPSA) is 41.1 Å². The molecule has 0 unspecified atom stereocenters. The number of amides is 1. The second-order valence-corrected chi connectivity index (χ2v) is 5.65. The van der Waals surface area contributed by atoms with Crippen LogP contribution in [0.15, 0.2) is 46.9 Å². The summed E-state index contributed by atoms with van der Waals surface area (Å²) in [5.41, 5.74) is 0.840. The number of anilines is 1. The first-order chi connectivity index (χ1) is 10.5. The van der Waals surface area contributed by atoms with Crippen molar-refractivity contribution in [2.24, 2.45) is 0 Å². The van der Waals surface area contributed by atoms with Crippen LogP contribution in [0.25, 0.3) is 0 Å². The minimum atomic E-state index is -0.673. The first kappa shape index (κ1) is 16.6. The highest BCUT2D eigenvalue weighted by Crippen LogP contribution is 2.22. The van der Waals surface area contributed by atoms with Gasteiger partial charge in [-0.15, -0.1) is 0 Å². The van der Waals surface area contributed by atoms with Crippen LogP contribution in [-0.4, -0.2) is 12.5 Å². The standard InChI is InChI=1S/C16H15BrF2N2O/c1-10(12-4-2-3-5-13(12)17)20-9-16(22)21-15-8-11(18)6-7-14(15)19/h2-8,10,20H,9H2,1H3,(H,21,22)/t10-/m1/s1. The quantitative estimate of drug-likeness (QED) is 0.836. The molecule has 0 saturated carbocycles. The molecule has 0 heterocycles. The zero-order valence-electron chi connectivity index (χ0n) is 11.9. The molecule has 2 aromatic rings. The van der Waals surface area contributed by atoms with Gasteiger partial charge in [0.05, 0.1) is 12.2 Å². The molecule has 0 radical (unpaired) electrons. The Morgan fingerprint density at radius 3 is 2.68 bits per heavy atom. The van der Waals surface area contributed by atoms with Gasteiger partial charge in [0.1, 0.15) is 11.6 Å². The third-order valence-electron chi connectivity index (χ3n) is 3.14. The zero-order chi connectivity index (χ0) is 16.1. The number of hydrogen-bond acceptors (Lipinski definition) is 2.